The molecule has 1 unspecified atom stereocenters. The van der Waals surface area contributed by atoms with Crippen molar-refractivity contribution in [1.82, 2.24) is 15.1 Å². The summed E-state index contributed by atoms with van der Waals surface area (Å²) in [7, 11) is 0. The molecular formula is C20H23N3O3. The van der Waals surface area contributed by atoms with E-state index < -0.39 is 6.04 Å². The molecule has 6 heteroatoms. The summed E-state index contributed by atoms with van der Waals surface area (Å²) >= 11 is 0. The summed E-state index contributed by atoms with van der Waals surface area (Å²) in [5, 5.41) is 2.95. The second-order valence-corrected chi connectivity index (χ2v) is 6.24. The van der Waals surface area contributed by atoms with Crippen LogP contribution in [0, 0.1) is 0 Å². The quantitative estimate of drug-likeness (QED) is 0.806. The number of rotatable bonds is 6. The third-order valence-electron chi connectivity index (χ3n) is 4.46. The van der Waals surface area contributed by atoms with E-state index in [0.717, 1.165) is 5.56 Å². The Kier molecular flexibility index (Phi) is 5.86. The SMILES string of the molecule is C=CCN1CCN(C(=O)c2ccco2)C(C(=O)NCc2ccccc2)C1. The zero-order valence-corrected chi connectivity index (χ0v) is 14.6. The van der Waals surface area contributed by atoms with Gasteiger partial charge in [-0.1, -0.05) is 36.4 Å². The molecule has 136 valence electrons. The molecule has 1 fully saturated rings. The molecule has 1 aliphatic rings. The normalized spacial score (nSPS) is 17.7. The highest BCUT2D eigenvalue weighted by molar-refractivity contribution is 5.95. The molecule has 2 amide bonds. The molecule has 26 heavy (non-hydrogen) atoms. The molecule has 3 rings (SSSR count). The first kappa shape index (κ1) is 17.9. The van der Waals surface area contributed by atoms with Gasteiger partial charge in [-0.25, -0.2) is 0 Å². The smallest absolute Gasteiger partial charge is 0.290 e. The Morgan fingerprint density at radius 3 is 2.69 bits per heavy atom. The van der Waals surface area contributed by atoms with Gasteiger partial charge in [0.05, 0.1) is 6.26 Å². The molecule has 0 saturated carbocycles. The maximum atomic E-state index is 12.8. The van der Waals surface area contributed by atoms with E-state index in [1.807, 2.05) is 36.4 Å². The molecule has 2 aromatic rings. The lowest BCUT2D eigenvalue weighted by Gasteiger charge is -2.39. The Morgan fingerprint density at radius 1 is 1.19 bits per heavy atom. The molecule has 1 aromatic carbocycles. The molecule has 0 aliphatic carbocycles. The van der Waals surface area contributed by atoms with Gasteiger partial charge in [0.25, 0.3) is 5.91 Å². The average Bonchev–Trinajstić information content (AvgIpc) is 3.21. The lowest BCUT2D eigenvalue weighted by atomic mass is 10.1. The van der Waals surface area contributed by atoms with Gasteiger partial charge in [0.2, 0.25) is 5.91 Å². The van der Waals surface area contributed by atoms with Crippen LogP contribution in [0.5, 0.6) is 0 Å². The first-order valence-corrected chi connectivity index (χ1v) is 8.68. The lowest BCUT2D eigenvalue weighted by molar-refractivity contribution is -0.127. The van der Waals surface area contributed by atoms with Crippen LogP contribution in [0.25, 0.3) is 0 Å². The van der Waals surface area contributed by atoms with E-state index >= 15 is 0 Å². The highest BCUT2D eigenvalue weighted by atomic mass is 16.3. The minimum absolute atomic E-state index is 0.164. The van der Waals surface area contributed by atoms with E-state index in [9.17, 15) is 9.59 Å². The summed E-state index contributed by atoms with van der Waals surface area (Å²) in [6.07, 6.45) is 3.27. The van der Waals surface area contributed by atoms with Gasteiger partial charge in [0, 0.05) is 32.7 Å². The number of amides is 2. The standard InChI is InChI=1S/C20H23N3O3/c1-2-10-22-11-12-23(20(25)18-9-6-13-26-18)17(15-22)19(24)21-14-16-7-4-3-5-8-16/h2-9,13,17H,1,10-12,14-15H2,(H,21,24). The van der Waals surface area contributed by atoms with Crippen molar-refractivity contribution >= 4 is 11.8 Å². The van der Waals surface area contributed by atoms with Crippen molar-refractivity contribution in [2.75, 3.05) is 26.2 Å². The third-order valence-corrected chi connectivity index (χ3v) is 4.46. The predicted octanol–water partition coefficient (Wildman–Crippen LogP) is 1.91. The van der Waals surface area contributed by atoms with E-state index in [-0.39, 0.29) is 17.6 Å². The van der Waals surface area contributed by atoms with Crippen LogP contribution in [0.4, 0.5) is 0 Å². The van der Waals surface area contributed by atoms with Crippen LogP contribution in [0.3, 0.4) is 0 Å². The number of carbonyl (C=O) groups excluding carboxylic acids is 2. The highest BCUT2D eigenvalue weighted by Gasteiger charge is 2.36. The Balaban J connectivity index is 1.71. The van der Waals surface area contributed by atoms with Crippen molar-refractivity contribution in [3.8, 4) is 0 Å². The first-order chi connectivity index (χ1) is 12.7. The Hall–Kier alpha value is -2.86. The maximum Gasteiger partial charge on any atom is 0.290 e. The topological polar surface area (TPSA) is 65.8 Å². The molecular weight excluding hydrogens is 330 g/mol. The molecule has 0 spiro atoms. The second-order valence-electron chi connectivity index (χ2n) is 6.24. The fourth-order valence-corrected chi connectivity index (χ4v) is 3.10. The largest absolute Gasteiger partial charge is 0.459 e. The van der Waals surface area contributed by atoms with Gasteiger partial charge < -0.3 is 14.6 Å². The number of hydrogen-bond donors (Lipinski definition) is 1. The second kappa shape index (κ2) is 8.49. The number of nitrogens with zero attached hydrogens (tertiary/aromatic N) is 2. The molecule has 1 aliphatic heterocycles. The van der Waals surface area contributed by atoms with Crippen molar-refractivity contribution in [2.24, 2.45) is 0 Å². The highest BCUT2D eigenvalue weighted by Crippen LogP contribution is 2.15. The van der Waals surface area contributed by atoms with E-state index in [1.54, 1.807) is 17.0 Å². The summed E-state index contributed by atoms with van der Waals surface area (Å²) in [5.41, 5.74) is 1.02. The Morgan fingerprint density at radius 2 is 2.00 bits per heavy atom. The van der Waals surface area contributed by atoms with Crippen LogP contribution < -0.4 is 5.32 Å². The number of piperazine rings is 1. The fraction of sp³-hybridized carbons (Fsp3) is 0.300. The minimum Gasteiger partial charge on any atom is -0.459 e. The summed E-state index contributed by atoms with van der Waals surface area (Å²) < 4.78 is 5.23. The predicted molar refractivity (Wildman–Crippen MR) is 98.5 cm³/mol. The van der Waals surface area contributed by atoms with Gasteiger partial charge in [-0.05, 0) is 17.7 Å². The van der Waals surface area contributed by atoms with Crippen LogP contribution >= 0.6 is 0 Å². The summed E-state index contributed by atoms with van der Waals surface area (Å²) in [5.74, 6) is -0.168. The molecule has 1 N–H and O–H groups in total. The van der Waals surface area contributed by atoms with Crippen LogP contribution in [0.15, 0.2) is 65.8 Å². The Labute approximate surface area is 153 Å². The average molecular weight is 353 g/mol. The van der Waals surface area contributed by atoms with Crippen molar-refractivity contribution in [1.29, 1.82) is 0 Å². The van der Waals surface area contributed by atoms with E-state index in [4.69, 9.17) is 4.42 Å². The van der Waals surface area contributed by atoms with Gasteiger partial charge in [-0.3, -0.25) is 14.5 Å². The van der Waals surface area contributed by atoms with Crippen molar-refractivity contribution in [3.05, 3.63) is 72.7 Å². The van der Waals surface area contributed by atoms with Crippen molar-refractivity contribution in [3.63, 3.8) is 0 Å². The van der Waals surface area contributed by atoms with Crippen molar-refractivity contribution in [2.45, 2.75) is 12.6 Å². The van der Waals surface area contributed by atoms with E-state index in [0.29, 0.717) is 32.7 Å². The molecule has 0 radical (unpaired) electrons. The summed E-state index contributed by atoms with van der Waals surface area (Å²) in [4.78, 5) is 29.3. The first-order valence-electron chi connectivity index (χ1n) is 8.68. The fourth-order valence-electron chi connectivity index (χ4n) is 3.10. The molecule has 1 saturated heterocycles. The summed E-state index contributed by atoms with van der Waals surface area (Å²) in [6.45, 7) is 6.51. The maximum absolute atomic E-state index is 12.8. The van der Waals surface area contributed by atoms with Gasteiger partial charge >= 0.3 is 0 Å². The van der Waals surface area contributed by atoms with Crippen LogP contribution in [0.2, 0.25) is 0 Å². The molecule has 1 aromatic heterocycles. The number of benzene rings is 1. The minimum atomic E-state index is -0.565. The molecule has 1 atom stereocenters. The monoisotopic (exact) mass is 353 g/mol. The molecule has 0 bridgehead atoms. The number of furan rings is 1. The third kappa shape index (κ3) is 4.21. The molecule has 6 nitrogen and oxygen atoms in total. The van der Waals surface area contributed by atoms with Crippen molar-refractivity contribution < 1.29 is 14.0 Å². The number of hydrogen-bond acceptors (Lipinski definition) is 4. The zero-order valence-electron chi connectivity index (χ0n) is 14.6. The lowest BCUT2D eigenvalue weighted by Crippen LogP contribution is -2.60. The molecule has 2 heterocycles. The van der Waals surface area contributed by atoms with Crippen LogP contribution in [-0.2, 0) is 11.3 Å². The zero-order chi connectivity index (χ0) is 18.4. The van der Waals surface area contributed by atoms with Gasteiger partial charge in [-0.2, -0.15) is 0 Å². The summed E-state index contributed by atoms with van der Waals surface area (Å²) in [6, 6.07) is 12.4. The van der Waals surface area contributed by atoms with Gasteiger partial charge in [-0.15, -0.1) is 6.58 Å². The number of nitrogens with one attached hydrogen (secondary N) is 1. The number of carbonyl (C=O) groups is 2. The van der Waals surface area contributed by atoms with Crippen LogP contribution in [-0.4, -0.2) is 53.8 Å². The van der Waals surface area contributed by atoms with Gasteiger partial charge in [0.15, 0.2) is 5.76 Å². The van der Waals surface area contributed by atoms with Crippen LogP contribution in [0.1, 0.15) is 16.1 Å². The van der Waals surface area contributed by atoms with Gasteiger partial charge in [0.1, 0.15) is 6.04 Å². The van der Waals surface area contributed by atoms with E-state index in [2.05, 4.69) is 16.8 Å². The Bertz CT molecular complexity index is 743. The van der Waals surface area contributed by atoms with E-state index in [1.165, 1.54) is 6.26 Å².